The van der Waals surface area contributed by atoms with E-state index >= 15 is 0 Å². The molecule has 2 aliphatic rings. The van der Waals surface area contributed by atoms with E-state index in [1.807, 2.05) is 17.0 Å². The monoisotopic (exact) mass is 240 g/mol. The Kier molecular flexibility index (Phi) is 2.79. The number of hydrogen-bond donors (Lipinski definition) is 0. The van der Waals surface area contributed by atoms with Crippen LogP contribution in [-0.4, -0.2) is 17.4 Å². The van der Waals surface area contributed by atoms with Crippen molar-refractivity contribution in [3.05, 3.63) is 35.4 Å². The van der Waals surface area contributed by atoms with Gasteiger partial charge in [0.25, 0.3) is 0 Å². The van der Waals surface area contributed by atoms with E-state index < -0.39 is 0 Å². The van der Waals surface area contributed by atoms with Crippen LogP contribution in [0.25, 0.3) is 0 Å². The van der Waals surface area contributed by atoms with E-state index in [1.165, 1.54) is 11.1 Å². The molecule has 1 heterocycles. The van der Waals surface area contributed by atoms with E-state index in [1.54, 1.807) is 0 Å². The Balaban J connectivity index is 1.95. The highest BCUT2D eigenvalue weighted by Gasteiger charge is 2.40. The fraction of sp³-hybridized carbons (Fsp3) is 0.467. The quantitative estimate of drug-likeness (QED) is 0.756. The number of likely N-dealkylation sites (tertiary alicyclic amines) is 1. The molecule has 92 valence electrons. The molecule has 1 saturated heterocycles. The normalized spacial score (nSPS) is 25.2. The van der Waals surface area contributed by atoms with Crippen LogP contribution in [0.15, 0.2) is 24.3 Å². The summed E-state index contributed by atoms with van der Waals surface area (Å²) in [5.74, 6) is 0.573. The topological polar surface area (TPSA) is 44.1 Å². The molecule has 2 atom stereocenters. The molecule has 3 nitrogen and oxygen atoms in total. The van der Waals surface area contributed by atoms with Crippen LogP contribution < -0.4 is 0 Å². The van der Waals surface area contributed by atoms with E-state index in [2.05, 4.69) is 18.2 Å². The van der Waals surface area contributed by atoms with E-state index in [0.29, 0.717) is 5.92 Å². The van der Waals surface area contributed by atoms with E-state index in [-0.39, 0.29) is 18.4 Å². The summed E-state index contributed by atoms with van der Waals surface area (Å²) in [5, 5.41) is 8.69. The van der Waals surface area contributed by atoms with Crippen LogP contribution >= 0.6 is 0 Å². The van der Waals surface area contributed by atoms with Gasteiger partial charge in [-0.15, -0.1) is 0 Å². The molecule has 0 radical (unpaired) electrons. The van der Waals surface area contributed by atoms with Crippen molar-refractivity contribution in [1.82, 2.24) is 4.90 Å². The fourth-order valence-corrected chi connectivity index (χ4v) is 3.42. The van der Waals surface area contributed by atoms with Gasteiger partial charge in [0, 0.05) is 6.54 Å². The molecule has 0 N–H and O–H groups in total. The molecule has 1 fully saturated rings. The summed E-state index contributed by atoms with van der Waals surface area (Å²) in [6.07, 6.45) is 3.37. The van der Waals surface area contributed by atoms with Crippen LogP contribution in [-0.2, 0) is 11.2 Å². The number of amides is 1. The Hall–Kier alpha value is -1.82. The summed E-state index contributed by atoms with van der Waals surface area (Å²) in [4.78, 5) is 13.9. The zero-order chi connectivity index (χ0) is 12.5. The van der Waals surface area contributed by atoms with Crippen LogP contribution in [0.4, 0.5) is 0 Å². The zero-order valence-corrected chi connectivity index (χ0v) is 10.3. The highest BCUT2D eigenvalue weighted by Crippen LogP contribution is 2.44. The number of nitriles is 1. The minimum atomic E-state index is -0.0123. The summed E-state index contributed by atoms with van der Waals surface area (Å²) >= 11 is 0. The first kappa shape index (κ1) is 11.3. The Labute approximate surface area is 107 Å². The van der Waals surface area contributed by atoms with Gasteiger partial charge in [-0.2, -0.15) is 5.26 Å². The molecule has 1 amide bonds. The van der Waals surface area contributed by atoms with Gasteiger partial charge >= 0.3 is 0 Å². The Bertz CT molecular complexity index is 517. The minimum absolute atomic E-state index is 0.00534. The molecule has 1 aromatic rings. The van der Waals surface area contributed by atoms with Gasteiger partial charge in [0.1, 0.15) is 6.42 Å². The molecule has 3 rings (SSSR count). The molecule has 0 spiro atoms. The third-order valence-electron chi connectivity index (χ3n) is 4.23. The average molecular weight is 240 g/mol. The molecule has 2 unspecified atom stereocenters. The van der Waals surface area contributed by atoms with Crippen molar-refractivity contribution in [2.75, 3.05) is 6.54 Å². The Morgan fingerprint density at radius 1 is 1.39 bits per heavy atom. The van der Waals surface area contributed by atoms with Gasteiger partial charge in [-0.1, -0.05) is 24.3 Å². The molecule has 18 heavy (non-hydrogen) atoms. The van der Waals surface area contributed by atoms with Gasteiger partial charge in [-0.3, -0.25) is 4.79 Å². The van der Waals surface area contributed by atoms with Crippen molar-refractivity contribution in [3.63, 3.8) is 0 Å². The van der Waals surface area contributed by atoms with E-state index in [0.717, 1.165) is 25.8 Å². The number of hydrogen-bond acceptors (Lipinski definition) is 2. The number of nitrogens with zero attached hydrogens (tertiary/aromatic N) is 2. The molecule has 0 bridgehead atoms. The lowest BCUT2D eigenvalue weighted by Gasteiger charge is -2.33. The van der Waals surface area contributed by atoms with Crippen LogP contribution in [0.1, 0.15) is 36.4 Å². The molecule has 1 aliphatic carbocycles. The summed E-state index contributed by atoms with van der Waals surface area (Å²) < 4.78 is 0. The standard InChI is InChI=1S/C15H16N2O/c16-9-7-14(18)17-10-8-12-6-5-11-3-1-2-4-13(11)15(12)17/h1-4,12,15H,5-8,10H2. The van der Waals surface area contributed by atoms with Crippen molar-refractivity contribution < 1.29 is 4.79 Å². The largest absolute Gasteiger partial charge is 0.334 e. The van der Waals surface area contributed by atoms with Crippen LogP contribution in [0, 0.1) is 17.2 Å². The second kappa shape index (κ2) is 4.45. The SMILES string of the molecule is N#CCC(=O)N1CCC2CCc3ccccc3C21. The van der Waals surface area contributed by atoms with Crippen molar-refractivity contribution in [2.45, 2.75) is 31.7 Å². The first-order valence-corrected chi connectivity index (χ1v) is 6.55. The molecule has 0 aromatic heterocycles. The smallest absolute Gasteiger partial charge is 0.237 e. The zero-order valence-electron chi connectivity index (χ0n) is 10.3. The number of rotatable bonds is 1. The van der Waals surface area contributed by atoms with Crippen molar-refractivity contribution >= 4 is 5.91 Å². The molecular weight excluding hydrogens is 224 g/mol. The molecule has 0 saturated carbocycles. The summed E-state index contributed by atoms with van der Waals surface area (Å²) in [7, 11) is 0. The van der Waals surface area contributed by atoms with Gasteiger partial charge in [-0.25, -0.2) is 0 Å². The Morgan fingerprint density at radius 3 is 3.06 bits per heavy atom. The molecule has 1 aromatic carbocycles. The van der Waals surface area contributed by atoms with Gasteiger partial charge in [0.2, 0.25) is 5.91 Å². The van der Waals surface area contributed by atoms with Gasteiger partial charge in [-0.05, 0) is 36.3 Å². The molecular formula is C15H16N2O. The van der Waals surface area contributed by atoms with Gasteiger partial charge in [0.15, 0.2) is 0 Å². The van der Waals surface area contributed by atoms with Gasteiger partial charge < -0.3 is 4.90 Å². The predicted octanol–water partition coefficient (Wildman–Crippen LogP) is 2.44. The first-order valence-electron chi connectivity index (χ1n) is 6.55. The number of benzene rings is 1. The lowest BCUT2D eigenvalue weighted by molar-refractivity contribution is -0.131. The number of carbonyl (C=O) groups is 1. The molecule has 1 aliphatic heterocycles. The van der Waals surface area contributed by atoms with Crippen LogP contribution in [0.3, 0.4) is 0 Å². The maximum Gasteiger partial charge on any atom is 0.237 e. The first-order chi connectivity index (χ1) is 8.81. The number of aryl methyl sites for hydroxylation is 1. The lowest BCUT2D eigenvalue weighted by Crippen LogP contribution is -2.33. The predicted molar refractivity (Wildman–Crippen MR) is 67.6 cm³/mol. The third-order valence-corrected chi connectivity index (χ3v) is 4.23. The molecule has 3 heteroatoms. The lowest BCUT2D eigenvalue weighted by atomic mass is 9.80. The van der Waals surface area contributed by atoms with Crippen molar-refractivity contribution in [3.8, 4) is 6.07 Å². The average Bonchev–Trinajstić information content (AvgIpc) is 2.83. The van der Waals surface area contributed by atoms with Gasteiger partial charge in [0.05, 0.1) is 12.1 Å². The van der Waals surface area contributed by atoms with Crippen molar-refractivity contribution in [2.24, 2.45) is 5.92 Å². The summed E-state index contributed by atoms with van der Waals surface area (Å²) in [5.41, 5.74) is 2.67. The maximum absolute atomic E-state index is 12.0. The Morgan fingerprint density at radius 2 is 2.22 bits per heavy atom. The summed E-state index contributed by atoms with van der Waals surface area (Å²) in [6, 6.07) is 10.6. The highest BCUT2D eigenvalue weighted by molar-refractivity contribution is 5.79. The fourth-order valence-electron chi connectivity index (χ4n) is 3.42. The van der Waals surface area contributed by atoms with Crippen molar-refractivity contribution in [1.29, 1.82) is 5.26 Å². The number of fused-ring (bicyclic) bond motifs is 3. The second-order valence-corrected chi connectivity index (χ2v) is 5.15. The second-order valence-electron chi connectivity index (χ2n) is 5.15. The maximum atomic E-state index is 12.0. The van der Waals surface area contributed by atoms with E-state index in [9.17, 15) is 4.79 Å². The minimum Gasteiger partial charge on any atom is -0.334 e. The highest BCUT2D eigenvalue weighted by atomic mass is 16.2. The number of carbonyl (C=O) groups excluding carboxylic acids is 1. The summed E-state index contributed by atoms with van der Waals surface area (Å²) in [6.45, 7) is 0.810. The van der Waals surface area contributed by atoms with E-state index in [4.69, 9.17) is 5.26 Å². The van der Waals surface area contributed by atoms with Crippen LogP contribution in [0.2, 0.25) is 0 Å². The van der Waals surface area contributed by atoms with Crippen LogP contribution in [0.5, 0.6) is 0 Å². The third kappa shape index (κ3) is 1.69.